The van der Waals surface area contributed by atoms with E-state index in [0.717, 1.165) is 16.8 Å². The SMILES string of the molecule is CC(C)[Si](c1ncc(C2=NC2c2nc(NS(=O)(=O)c3ccc(C(C)(C)C)cc3)ccc2Cl)o1)(C(C)C)C(C)C. The minimum atomic E-state index is -3.83. The summed E-state index contributed by atoms with van der Waals surface area (Å²) in [6.45, 7) is 19.8. The average molecular weight is 587 g/mol. The van der Waals surface area contributed by atoms with Gasteiger partial charge in [-0.05, 0) is 51.9 Å². The van der Waals surface area contributed by atoms with Gasteiger partial charge in [0.2, 0.25) is 0 Å². The van der Waals surface area contributed by atoms with Gasteiger partial charge in [-0.3, -0.25) is 9.71 Å². The van der Waals surface area contributed by atoms with E-state index in [1.54, 1.807) is 30.5 Å². The van der Waals surface area contributed by atoms with E-state index in [1.165, 1.54) is 0 Å². The van der Waals surface area contributed by atoms with Crippen LogP contribution in [0.2, 0.25) is 21.6 Å². The predicted molar refractivity (Wildman–Crippen MR) is 162 cm³/mol. The summed E-state index contributed by atoms with van der Waals surface area (Å²) < 4.78 is 35.1. The number of aliphatic imine (C=N–C) groups is 1. The lowest BCUT2D eigenvalue weighted by Gasteiger charge is -2.39. The minimum Gasteiger partial charge on any atom is -0.444 e. The third-order valence-corrected chi connectivity index (χ3v) is 16.3. The monoisotopic (exact) mass is 586 g/mol. The van der Waals surface area contributed by atoms with Crippen LogP contribution < -0.4 is 10.2 Å². The van der Waals surface area contributed by atoms with Gasteiger partial charge in [-0.15, -0.1) is 0 Å². The second-order valence-electron chi connectivity index (χ2n) is 12.3. The second kappa shape index (κ2) is 10.5. The van der Waals surface area contributed by atoms with Crippen LogP contribution >= 0.6 is 11.6 Å². The lowest BCUT2D eigenvalue weighted by Crippen LogP contribution is -2.56. The molecule has 10 heteroatoms. The molecule has 0 aliphatic carbocycles. The molecule has 3 heterocycles. The Kier molecular flexibility index (Phi) is 7.93. The first-order valence-corrected chi connectivity index (χ1v) is 17.5. The van der Waals surface area contributed by atoms with E-state index in [-0.39, 0.29) is 16.1 Å². The van der Waals surface area contributed by atoms with E-state index in [0.29, 0.717) is 33.1 Å². The number of anilines is 1. The fraction of sp³-hybridized carbons (Fsp3) is 0.483. The Hall–Kier alpha value is -2.49. The second-order valence-corrected chi connectivity index (χ2v) is 20.1. The Bertz CT molecular complexity index is 1470. The highest BCUT2D eigenvalue weighted by molar-refractivity contribution is 7.92. The van der Waals surface area contributed by atoms with Crippen LogP contribution in [0.5, 0.6) is 0 Å². The van der Waals surface area contributed by atoms with Gasteiger partial charge >= 0.3 is 0 Å². The zero-order valence-corrected chi connectivity index (χ0v) is 26.8. The number of aromatic nitrogens is 2. The van der Waals surface area contributed by atoms with E-state index in [4.69, 9.17) is 21.0 Å². The third kappa shape index (κ3) is 5.58. The molecule has 0 radical (unpaired) electrons. The molecule has 1 aliphatic heterocycles. The van der Waals surface area contributed by atoms with Crippen LogP contribution in [0.15, 0.2) is 56.9 Å². The molecule has 7 nitrogen and oxygen atoms in total. The molecule has 0 bridgehead atoms. The van der Waals surface area contributed by atoms with Crippen molar-refractivity contribution in [1.29, 1.82) is 0 Å². The molecule has 0 saturated heterocycles. The summed E-state index contributed by atoms with van der Waals surface area (Å²) >= 11 is 6.48. The Morgan fingerprint density at radius 2 is 1.54 bits per heavy atom. The molecule has 0 saturated carbocycles. The van der Waals surface area contributed by atoms with Crippen molar-refractivity contribution in [2.24, 2.45) is 4.99 Å². The van der Waals surface area contributed by atoms with Crippen LogP contribution in [0.3, 0.4) is 0 Å². The molecule has 3 aromatic rings. The number of halogens is 1. The Morgan fingerprint density at radius 1 is 0.949 bits per heavy atom. The fourth-order valence-corrected chi connectivity index (χ4v) is 13.1. The highest BCUT2D eigenvalue weighted by Crippen LogP contribution is 2.42. The van der Waals surface area contributed by atoms with Crippen LogP contribution in [0.4, 0.5) is 5.82 Å². The van der Waals surface area contributed by atoms with Gasteiger partial charge in [0.1, 0.15) is 17.6 Å². The number of hydrogen-bond acceptors (Lipinski definition) is 6. The van der Waals surface area contributed by atoms with Crippen molar-refractivity contribution >= 4 is 46.7 Å². The predicted octanol–water partition coefficient (Wildman–Crippen LogP) is 7.25. The first kappa shape index (κ1) is 29.5. The zero-order valence-electron chi connectivity index (χ0n) is 24.2. The summed E-state index contributed by atoms with van der Waals surface area (Å²) in [5.74, 6) is 0.802. The number of pyridine rings is 1. The van der Waals surface area contributed by atoms with Crippen molar-refractivity contribution in [2.75, 3.05) is 4.72 Å². The molecule has 4 rings (SSSR count). The van der Waals surface area contributed by atoms with Crippen molar-refractivity contribution in [3.8, 4) is 0 Å². The van der Waals surface area contributed by atoms with Crippen LogP contribution in [-0.4, -0.2) is 32.2 Å². The maximum atomic E-state index is 13.1. The highest BCUT2D eigenvalue weighted by Gasteiger charge is 2.49. The molecule has 1 aromatic carbocycles. The maximum absolute atomic E-state index is 13.1. The molecule has 1 aliphatic rings. The van der Waals surface area contributed by atoms with E-state index in [9.17, 15) is 8.42 Å². The summed E-state index contributed by atoms with van der Waals surface area (Å²) in [5.41, 5.74) is 4.43. The molecule has 1 atom stereocenters. The van der Waals surface area contributed by atoms with Crippen molar-refractivity contribution in [3.05, 3.63) is 64.6 Å². The van der Waals surface area contributed by atoms with Gasteiger partial charge in [0.15, 0.2) is 19.3 Å². The molecular formula is C29H39ClN4O3SSi. The van der Waals surface area contributed by atoms with Gasteiger partial charge in [-0.25, -0.2) is 18.4 Å². The topological polar surface area (TPSA) is 97.5 Å². The summed E-state index contributed by atoms with van der Waals surface area (Å²) in [6.07, 6.45) is 1.75. The summed E-state index contributed by atoms with van der Waals surface area (Å²) in [4.78, 5) is 14.0. The number of benzene rings is 1. The molecule has 0 spiro atoms. The Balaban J connectivity index is 1.55. The van der Waals surface area contributed by atoms with Crippen molar-refractivity contribution in [2.45, 2.75) is 95.3 Å². The lowest BCUT2D eigenvalue weighted by molar-refractivity contribution is 0.572. The van der Waals surface area contributed by atoms with Gasteiger partial charge < -0.3 is 4.42 Å². The molecule has 0 fully saturated rings. The lowest BCUT2D eigenvalue weighted by atomic mass is 9.87. The summed E-state index contributed by atoms with van der Waals surface area (Å²) in [7, 11) is -5.88. The van der Waals surface area contributed by atoms with Crippen LogP contribution in [0.1, 0.15) is 85.4 Å². The standard InChI is InChI=1S/C29H39ClN4O3SSi/c1-17(2)39(18(3)4,19(5)6)28-31-16-23(37-28)26-27(33-26)25-22(30)14-15-24(32-25)34-38(35,36)21-12-10-20(11-13-21)29(7,8)9/h10-19,27H,1-9H3,(H,32,34). The Morgan fingerprint density at radius 3 is 2.08 bits per heavy atom. The summed E-state index contributed by atoms with van der Waals surface area (Å²) in [6, 6.07) is 9.67. The maximum Gasteiger partial charge on any atom is 0.263 e. The van der Waals surface area contributed by atoms with E-state index in [2.05, 4.69) is 77.0 Å². The van der Waals surface area contributed by atoms with Crippen molar-refractivity contribution in [3.63, 3.8) is 0 Å². The molecule has 1 N–H and O–H groups in total. The number of nitrogens with one attached hydrogen (secondary N) is 1. The summed E-state index contributed by atoms with van der Waals surface area (Å²) in [5, 5.41) is 0.409. The molecule has 210 valence electrons. The number of sulfonamides is 1. The van der Waals surface area contributed by atoms with Crippen LogP contribution in [0.25, 0.3) is 0 Å². The number of hydrogen-bond donors (Lipinski definition) is 1. The van der Waals surface area contributed by atoms with Crippen LogP contribution in [-0.2, 0) is 15.4 Å². The first-order chi connectivity index (χ1) is 18.1. The molecule has 0 amide bonds. The van der Waals surface area contributed by atoms with E-state index in [1.807, 2.05) is 12.1 Å². The van der Waals surface area contributed by atoms with E-state index < -0.39 is 24.1 Å². The molecular weight excluding hydrogens is 548 g/mol. The Labute approximate surface area is 238 Å². The molecule has 39 heavy (non-hydrogen) atoms. The number of rotatable bonds is 9. The van der Waals surface area contributed by atoms with Gasteiger partial charge in [-0.1, -0.05) is 86.0 Å². The first-order valence-electron chi connectivity index (χ1n) is 13.4. The zero-order chi connectivity index (χ0) is 28.9. The van der Waals surface area contributed by atoms with Gasteiger partial charge in [-0.2, -0.15) is 0 Å². The normalized spacial score (nSPS) is 16.2. The largest absolute Gasteiger partial charge is 0.444 e. The average Bonchev–Trinajstić information content (AvgIpc) is 3.48. The fourth-order valence-electron chi connectivity index (χ4n) is 5.86. The van der Waals surface area contributed by atoms with Gasteiger partial charge in [0.05, 0.1) is 21.8 Å². The quantitative estimate of drug-likeness (QED) is 0.266. The van der Waals surface area contributed by atoms with Gasteiger partial charge in [0.25, 0.3) is 10.0 Å². The smallest absolute Gasteiger partial charge is 0.263 e. The van der Waals surface area contributed by atoms with Gasteiger partial charge in [0, 0.05) is 0 Å². The molecule has 1 unspecified atom stereocenters. The minimum absolute atomic E-state index is 0.0728. The third-order valence-electron chi connectivity index (χ3n) is 7.86. The highest BCUT2D eigenvalue weighted by atomic mass is 35.5. The van der Waals surface area contributed by atoms with Crippen molar-refractivity contribution in [1.82, 2.24) is 9.97 Å². The molecule has 2 aromatic heterocycles. The van der Waals surface area contributed by atoms with Crippen molar-refractivity contribution < 1.29 is 12.8 Å². The number of oxazole rings is 1. The number of nitrogens with zero attached hydrogens (tertiary/aromatic N) is 3. The van der Waals surface area contributed by atoms with E-state index >= 15 is 0 Å². The van der Waals surface area contributed by atoms with Crippen LogP contribution in [0, 0.1) is 0 Å².